The second-order valence-corrected chi connectivity index (χ2v) is 4.17. The first kappa shape index (κ1) is 13.8. The van der Waals surface area contributed by atoms with Crippen LogP contribution in [0.5, 0.6) is 0 Å². The van der Waals surface area contributed by atoms with Crippen LogP contribution in [0.1, 0.15) is 21.5 Å². The number of nitrogens with one attached hydrogen (secondary N) is 1. The van der Waals surface area contributed by atoms with Gasteiger partial charge in [-0.15, -0.1) is 0 Å². The van der Waals surface area contributed by atoms with E-state index in [1.165, 1.54) is 6.20 Å². The van der Waals surface area contributed by atoms with Crippen molar-refractivity contribution < 1.29 is 4.79 Å². The van der Waals surface area contributed by atoms with Crippen molar-refractivity contribution >= 4 is 5.91 Å². The monoisotopic (exact) mass is 269 g/mol. The molecule has 0 atom stereocenters. The van der Waals surface area contributed by atoms with Gasteiger partial charge >= 0.3 is 0 Å². The normalized spacial score (nSPS) is 9.70. The highest BCUT2D eigenvalue weighted by molar-refractivity contribution is 5.94. The van der Waals surface area contributed by atoms with Crippen molar-refractivity contribution in [3.05, 3.63) is 47.5 Å². The van der Waals surface area contributed by atoms with Gasteiger partial charge in [0.2, 0.25) is 0 Å². The van der Waals surface area contributed by atoms with Gasteiger partial charge in [0, 0.05) is 43.3 Å². The Labute approximate surface area is 117 Å². The lowest BCUT2D eigenvalue weighted by Crippen LogP contribution is -2.22. The van der Waals surface area contributed by atoms with Crippen molar-refractivity contribution in [3.63, 3.8) is 0 Å². The van der Waals surface area contributed by atoms with Crippen LogP contribution in [-0.2, 0) is 13.6 Å². The van der Waals surface area contributed by atoms with Crippen LogP contribution in [0, 0.1) is 11.8 Å². The van der Waals surface area contributed by atoms with Crippen LogP contribution in [0.25, 0.3) is 0 Å². The van der Waals surface area contributed by atoms with E-state index in [2.05, 4.69) is 27.2 Å². The Balaban J connectivity index is 2.01. The van der Waals surface area contributed by atoms with Crippen molar-refractivity contribution in [2.75, 3.05) is 6.54 Å². The molecule has 2 heterocycles. The van der Waals surface area contributed by atoms with Crippen LogP contribution < -0.4 is 11.1 Å². The number of carbonyl (C=O) groups is 1. The summed E-state index contributed by atoms with van der Waals surface area (Å²) in [5.74, 6) is 5.38. The molecule has 0 saturated heterocycles. The van der Waals surface area contributed by atoms with Crippen molar-refractivity contribution in [1.82, 2.24) is 20.1 Å². The standard InChI is InChI=1S/C14H15N5O/c1-19-10-12(8-18-19)7-17-14(20)13-5-11(3-2-4-15)6-16-9-13/h5-6,8-10H,4,7,15H2,1H3,(H,17,20). The van der Waals surface area contributed by atoms with Crippen molar-refractivity contribution in [3.8, 4) is 11.8 Å². The Kier molecular flexibility index (Phi) is 4.47. The van der Waals surface area contributed by atoms with E-state index in [0.29, 0.717) is 17.7 Å². The van der Waals surface area contributed by atoms with Gasteiger partial charge in [-0.3, -0.25) is 14.5 Å². The molecule has 20 heavy (non-hydrogen) atoms. The van der Waals surface area contributed by atoms with Gasteiger partial charge in [-0.2, -0.15) is 5.10 Å². The Bertz CT molecular complexity index is 665. The summed E-state index contributed by atoms with van der Waals surface area (Å²) in [6, 6.07) is 1.69. The molecule has 3 N–H and O–H groups in total. The average molecular weight is 269 g/mol. The molecule has 6 nitrogen and oxygen atoms in total. The number of aromatic nitrogens is 3. The molecule has 0 aliphatic heterocycles. The van der Waals surface area contributed by atoms with Crippen LogP contribution in [-0.4, -0.2) is 27.2 Å². The van der Waals surface area contributed by atoms with Crippen LogP contribution in [0.3, 0.4) is 0 Å². The molecule has 0 aromatic carbocycles. The molecular weight excluding hydrogens is 254 g/mol. The highest BCUT2D eigenvalue weighted by Crippen LogP contribution is 2.02. The number of hydrogen-bond donors (Lipinski definition) is 2. The molecule has 0 saturated carbocycles. The quantitative estimate of drug-likeness (QED) is 0.771. The third-order valence-electron chi connectivity index (χ3n) is 2.55. The highest BCUT2D eigenvalue weighted by Gasteiger charge is 2.06. The topological polar surface area (TPSA) is 85.8 Å². The Hall–Kier alpha value is -2.65. The number of hydrogen-bond acceptors (Lipinski definition) is 4. The Morgan fingerprint density at radius 3 is 3.00 bits per heavy atom. The van der Waals surface area contributed by atoms with E-state index in [1.807, 2.05) is 13.2 Å². The predicted octanol–water partition coefficient (Wildman–Crippen LogP) is 0.0553. The minimum absolute atomic E-state index is 0.197. The van der Waals surface area contributed by atoms with Gasteiger partial charge in [-0.25, -0.2) is 0 Å². The first-order valence-electron chi connectivity index (χ1n) is 6.09. The molecular formula is C14H15N5O. The molecule has 0 bridgehead atoms. The second-order valence-electron chi connectivity index (χ2n) is 4.17. The summed E-state index contributed by atoms with van der Waals surface area (Å²) in [6.45, 7) is 0.697. The van der Waals surface area contributed by atoms with Gasteiger partial charge < -0.3 is 11.1 Å². The van der Waals surface area contributed by atoms with Crippen molar-refractivity contribution in [1.29, 1.82) is 0 Å². The maximum atomic E-state index is 12.0. The van der Waals surface area contributed by atoms with Crippen molar-refractivity contribution in [2.24, 2.45) is 12.8 Å². The fraction of sp³-hybridized carbons (Fsp3) is 0.214. The number of amides is 1. The molecule has 2 aromatic heterocycles. The van der Waals surface area contributed by atoms with Gasteiger partial charge in [0.15, 0.2) is 0 Å². The van der Waals surface area contributed by atoms with E-state index in [1.54, 1.807) is 23.1 Å². The molecule has 0 spiro atoms. The first-order valence-corrected chi connectivity index (χ1v) is 6.09. The second kappa shape index (κ2) is 6.50. The maximum absolute atomic E-state index is 12.0. The van der Waals surface area contributed by atoms with E-state index in [0.717, 1.165) is 5.56 Å². The van der Waals surface area contributed by atoms with Crippen LogP contribution in [0.4, 0.5) is 0 Å². The number of pyridine rings is 1. The minimum Gasteiger partial charge on any atom is -0.348 e. The van der Waals surface area contributed by atoms with E-state index >= 15 is 0 Å². The lowest BCUT2D eigenvalue weighted by molar-refractivity contribution is 0.0950. The number of rotatable bonds is 3. The zero-order chi connectivity index (χ0) is 14.4. The Morgan fingerprint density at radius 1 is 1.45 bits per heavy atom. The Morgan fingerprint density at radius 2 is 2.30 bits per heavy atom. The van der Waals surface area contributed by atoms with Gasteiger partial charge in [-0.1, -0.05) is 11.8 Å². The summed E-state index contributed by atoms with van der Waals surface area (Å²) >= 11 is 0. The minimum atomic E-state index is -0.197. The van der Waals surface area contributed by atoms with Gasteiger partial charge in [0.05, 0.1) is 18.3 Å². The summed E-state index contributed by atoms with van der Waals surface area (Å²) in [4.78, 5) is 16.0. The van der Waals surface area contributed by atoms with Gasteiger partial charge in [0.1, 0.15) is 0 Å². The zero-order valence-corrected chi connectivity index (χ0v) is 11.1. The van der Waals surface area contributed by atoms with Crippen molar-refractivity contribution in [2.45, 2.75) is 6.54 Å². The number of aryl methyl sites for hydroxylation is 1. The molecule has 6 heteroatoms. The van der Waals surface area contributed by atoms with Gasteiger partial charge in [-0.05, 0) is 6.07 Å². The lowest BCUT2D eigenvalue weighted by Gasteiger charge is -2.03. The molecule has 2 aromatic rings. The largest absolute Gasteiger partial charge is 0.348 e. The zero-order valence-electron chi connectivity index (χ0n) is 11.1. The fourth-order valence-corrected chi connectivity index (χ4v) is 1.63. The molecule has 0 fully saturated rings. The smallest absolute Gasteiger partial charge is 0.253 e. The average Bonchev–Trinajstić information content (AvgIpc) is 2.88. The molecule has 2 rings (SSSR count). The summed E-state index contributed by atoms with van der Waals surface area (Å²) < 4.78 is 1.69. The maximum Gasteiger partial charge on any atom is 0.253 e. The molecule has 0 unspecified atom stereocenters. The van der Waals surface area contributed by atoms with Crippen LogP contribution >= 0.6 is 0 Å². The highest BCUT2D eigenvalue weighted by atomic mass is 16.1. The van der Waals surface area contributed by atoms with E-state index in [-0.39, 0.29) is 12.5 Å². The summed E-state index contributed by atoms with van der Waals surface area (Å²) in [5, 5.41) is 6.84. The number of carbonyl (C=O) groups excluding carboxylic acids is 1. The first-order chi connectivity index (χ1) is 9.69. The molecule has 1 amide bonds. The van der Waals surface area contributed by atoms with E-state index in [4.69, 9.17) is 5.73 Å². The van der Waals surface area contributed by atoms with E-state index in [9.17, 15) is 4.79 Å². The van der Waals surface area contributed by atoms with Crippen LogP contribution in [0.2, 0.25) is 0 Å². The SMILES string of the molecule is Cn1cc(CNC(=O)c2cncc(C#CCN)c2)cn1. The van der Waals surface area contributed by atoms with Gasteiger partial charge in [0.25, 0.3) is 5.91 Å². The fourth-order valence-electron chi connectivity index (χ4n) is 1.63. The third kappa shape index (κ3) is 3.67. The predicted molar refractivity (Wildman–Crippen MR) is 74.5 cm³/mol. The molecule has 0 radical (unpaired) electrons. The summed E-state index contributed by atoms with van der Waals surface area (Å²) in [7, 11) is 1.83. The molecule has 102 valence electrons. The van der Waals surface area contributed by atoms with E-state index < -0.39 is 0 Å². The number of nitrogens with two attached hydrogens (primary N) is 1. The summed E-state index contributed by atoms with van der Waals surface area (Å²) in [5.41, 5.74) is 7.39. The molecule has 0 aliphatic carbocycles. The number of nitrogens with zero attached hydrogens (tertiary/aromatic N) is 3. The lowest BCUT2D eigenvalue weighted by atomic mass is 10.2. The third-order valence-corrected chi connectivity index (χ3v) is 2.55. The molecule has 0 aliphatic rings. The summed E-state index contributed by atoms with van der Waals surface area (Å²) in [6.07, 6.45) is 6.66. The van der Waals surface area contributed by atoms with Crippen LogP contribution in [0.15, 0.2) is 30.9 Å².